The lowest BCUT2D eigenvalue weighted by molar-refractivity contribution is 0.0513. The smallest absolute Gasteiger partial charge is 0.355 e. The quantitative estimate of drug-likeness (QED) is 0.416. The maximum atomic E-state index is 12.7. The summed E-state index contributed by atoms with van der Waals surface area (Å²) in [7, 11) is 0. The lowest BCUT2D eigenvalue weighted by Gasteiger charge is -2.09. The van der Waals surface area contributed by atoms with Crippen LogP contribution in [0.4, 0.5) is 0 Å². The van der Waals surface area contributed by atoms with Gasteiger partial charge in [-0.2, -0.15) is 0 Å². The second-order valence-corrected chi connectivity index (χ2v) is 6.40. The molecule has 0 atom stereocenters. The Morgan fingerprint density at radius 1 is 1.22 bits per heavy atom. The molecule has 0 aliphatic carbocycles. The minimum atomic E-state index is -0.414. The van der Waals surface area contributed by atoms with Crippen LogP contribution in [0.15, 0.2) is 43.0 Å². The van der Waals surface area contributed by atoms with Gasteiger partial charge in [-0.25, -0.2) is 4.79 Å². The predicted octanol–water partition coefficient (Wildman–Crippen LogP) is 3.83. The third-order valence-corrected chi connectivity index (χ3v) is 4.54. The molecule has 0 aliphatic rings. The first-order valence-corrected chi connectivity index (χ1v) is 9.31. The fourth-order valence-corrected chi connectivity index (χ4v) is 3.28. The van der Waals surface area contributed by atoms with Crippen LogP contribution in [0.1, 0.15) is 51.0 Å². The van der Waals surface area contributed by atoms with Gasteiger partial charge in [0.15, 0.2) is 0 Å². The molecule has 5 heteroatoms. The molecule has 0 bridgehead atoms. The highest BCUT2D eigenvalue weighted by Gasteiger charge is 2.26. The fraction of sp³-hybridized carbons (Fsp3) is 0.364. The van der Waals surface area contributed by atoms with Gasteiger partial charge in [0.1, 0.15) is 5.69 Å². The first kappa shape index (κ1) is 20.5. The van der Waals surface area contributed by atoms with Gasteiger partial charge >= 0.3 is 5.97 Å². The molecule has 1 aromatic heterocycles. The number of nitrogens with one attached hydrogen (secondary N) is 1. The van der Waals surface area contributed by atoms with E-state index in [1.165, 1.54) is 5.56 Å². The van der Waals surface area contributed by atoms with Crippen LogP contribution in [-0.2, 0) is 17.7 Å². The molecule has 2 aromatic rings. The molecule has 0 aliphatic heterocycles. The number of esters is 1. The van der Waals surface area contributed by atoms with Gasteiger partial charge in [-0.05, 0) is 44.7 Å². The number of ether oxygens (including phenoxy) is 1. The van der Waals surface area contributed by atoms with Gasteiger partial charge in [-0.3, -0.25) is 4.79 Å². The maximum absolute atomic E-state index is 12.7. The summed E-state index contributed by atoms with van der Waals surface area (Å²) in [5.74, 6) is -0.575. The summed E-state index contributed by atoms with van der Waals surface area (Å²) in [6.45, 7) is 10.5. The highest BCUT2D eigenvalue weighted by Crippen LogP contribution is 2.23. The number of aromatic nitrogens is 1. The molecule has 2 rings (SSSR count). The van der Waals surface area contributed by atoms with Crippen LogP contribution in [0, 0.1) is 13.8 Å². The molecule has 1 heterocycles. The zero-order valence-electron chi connectivity index (χ0n) is 16.4. The molecular weight excluding hydrogens is 340 g/mol. The zero-order chi connectivity index (χ0) is 19.8. The summed E-state index contributed by atoms with van der Waals surface area (Å²) < 4.78 is 6.96. The monoisotopic (exact) mass is 368 g/mol. The van der Waals surface area contributed by atoms with Crippen molar-refractivity contribution < 1.29 is 14.3 Å². The summed E-state index contributed by atoms with van der Waals surface area (Å²) in [6.07, 6.45) is 3.47. The number of benzene rings is 1. The molecule has 1 N–H and O–H groups in total. The van der Waals surface area contributed by atoms with Crippen molar-refractivity contribution in [1.29, 1.82) is 0 Å². The molecule has 0 fully saturated rings. The van der Waals surface area contributed by atoms with Crippen LogP contribution >= 0.6 is 0 Å². The number of rotatable bonds is 9. The Bertz CT molecular complexity index is 807. The third-order valence-electron chi connectivity index (χ3n) is 4.54. The van der Waals surface area contributed by atoms with E-state index in [1.54, 1.807) is 24.5 Å². The second-order valence-electron chi connectivity index (χ2n) is 6.40. The molecule has 0 unspecified atom stereocenters. The summed E-state index contributed by atoms with van der Waals surface area (Å²) in [6, 6.07) is 10.2. The fourth-order valence-electron chi connectivity index (χ4n) is 3.28. The average molecular weight is 368 g/mol. The van der Waals surface area contributed by atoms with E-state index in [2.05, 4.69) is 24.0 Å². The van der Waals surface area contributed by atoms with Gasteiger partial charge in [0, 0.05) is 18.8 Å². The van der Waals surface area contributed by atoms with Gasteiger partial charge < -0.3 is 14.6 Å². The Hall–Kier alpha value is -2.82. The summed E-state index contributed by atoms with van der Waals surface area (Å²) in [5, 5.41) is 2.97. The molecule has 5 nitrogen and oxygen atoms in total. The highest BCUT2D eigenvalue weighted by molar-refractivity contribution is 6.01. The van der Waals surface area contributed by atoms with Gasteiger partial charge in [-0.15, -0.1) is 6.58 Å². The average Bonchev–Trinajstić information content (AvgIpc) is 2.90. The maximum Gasteiger partial charge on any atom is 0.355 e. The Kier molecular flexibility index (Phi) is 7.41. The minimum absolute atomic E-state index is 0.161. The number of amides is 1. The van der Waals surface area contributed by atoms with Crippen LogP contribution < -0.4 is 5.32 Å². The predicted molar refractivity (Wildman–Crippen MR) is 107 cm³/mol. The molecule has 27 heavy (non-hydrogen) atoms. The Morgan fingerprint density at radius 2 is 1.93 bits per heavy atom. The van der Waals surface area contributed by atoms with Gasteiger partial charge in [0.05, 0.1) is 12.2 Å². The first-order valence-electron chi connectivity index (χ1n) is 9.31. The highest BCUT2D eigenvalue weighted by atomic mass is 16.5. The van der Waals surface area contributed by atoms with E-state index in [1.807, 2.05) is 25.1 Å². The van der Waals surface area contributed by atoms with E-state index in [0.29, 0.717) is 29.9 Å². The lowest BCUT2D eigenvalue weighted by Crippen LogP contribution is -2.26. The summed E-state index contributed by atoms with van der Waals surface area (Å²) in [5.41, 5.74) is 3.61. The molecule has 0 spiro atoms. The normalized spacial score (nSPS) is 10.5. The summed E-state index contributed by atoms with van der Waals surface area (Å²) in [4.78, 5) is 25.1. The van der Waals surface area contributed by atoms with E-state index in [0.717, 1.165) is 18.5 Å². The molecule has 0 saturated carbocycles. The van der Waals surface area contributed by atoms with Gasteiger partial charge in [0.2, 0.25) is 0 Å². The molecule has 144 valence electrons. The summed E-state index contributed by atoms with van der Waals surface area (Å²) >= 11 is 0. The lowest BCUT2D eigenvalue weighted by atomic mass is 10.1. The molecule has 1 aromatic carbocycles. The SMILES string of the molecule is C=CCn1c(C)c(C(=O)NCCCc2ccccc2)c(C)c1C(=O)OCC. The van der Waals surface area contributed by atoms with E-state index in [-0.39, 0.29) is 12.5 Å². The number of aryl methyl sites for hydroxylation is 1. The van der Waals surface area contributed by atoms with E-state index in [9.17, 15) is 9.59 Å². The largest absolute Gasteiger partial charge is 0.461 e. The van der Waals surface area contributed by atoms with Gasteiger partial charge in [-0.1, -0.05) is 36.4 Å². The van der Waals surface area contributed by atoms with E-state index in [4.69, 9.17) is 4.74 Å². The van der Waals surface area contributed by atoms with Crippen molar-refractivity contribution in [2.24, 2.45) is 0 Å². The van der Waals surface area contributed by atoms with E-state index < -0.39 is 5.97 Å². The zero-order valence-corrected chi connectivity index (χ0v) is 16.4. The van der Waals surface area contributed by atoms with Crippen molar-refractivity contribution >= 4 is 11.9 Å². The number of nitrogens with zero attached hydrogens (tertiary/aromatic N) is 1. The topological polar surface area (TPSA) is 60.3 Å². The van der Waals surface area contributed by atoms with Crippen LogP contribution in [0.25, 0.3) is 0 Å². The third kappa shape index (κ3) is 4.88. The first-order chi connectivity index (χ1) is 13.0. The number of hydrogen-bond acceptors (Lipinski definition) is 3. The van der Waals surface area contributed by atoms with Crippen molar-refractivity contribution in [3.8, 4) is 0 Å². The molecule has 1 amide bonds. The number of carbonyl (C=O) groups excluding carboxylic acids is 2. The minimum Gasteiger partial charge on any atom is -0.461 e. The number of allylic oxidation sites excluding steroid dienone is 1. The van der Waals surface area contributed by atoms with Crippen molar-refractivity contribution in [3.63, 3.8) is 0 Å². The van der Waals surface area contributed by atoms with Crippen LogP contribution in [-0.4, -0.2) is 29.6 Å². The van der Waals surface area contributed by atoms with Crippen LogP contribution in [0.5, 0.6) is 0 Å². The van der Waals surface area contributed by atoms with Crippen molar-refractivity contribution in [2.75, 3.05) is 13.2 Å². The molecule has 0 radical (unpaired) electrons. The van der Waals surface area contributed by atoms with Crippen LogP contribution in [0.2, 0.25) is 0 Å². The second kappa shape index (κ2) is 9.76. The van der Waals surface area contributed by atoms with Crippen molar-refractivity contribution in [1.82, 2.24) is 9.88 Å². The van der Waals surface area contributed by atoms with Crippen molar-refractivity contribution in [2.45, 2.75) is 40.2 Å². The number of hydrogen-bond donors (Lipinski definition) is 1. The Morgan fingerprint density at radius 3 is 2.56 bits per heavy atom. The van der Waals surface area contributed by atoms with Crippen LogP contribution in [0.3, 0.4) is 0 Å². The standard InChI is InChI=1S/C22H28N2O3/c1-5-15-24-17(4)19(16(3)20(24)22(26)27-6-2)21(25)23-14-10-13-18-11-8-7-9-12-18/h5,7-9,11-12H,1,6,10,13-15H2,2-4H3,(H,23,25). The van der Waals surface area contributed by atoms with E-state index >= 15 is 0 Å². The Balaban J connectivity index is 2.11. The number of carbonyl (C=O) groups is 2. The molecular formula is C22H28N2O3. The van der Waals surface area contributed by atoms with Gasteiger partial charge in [0.25, 0.3) is 5.91 Å². The molecule has 0 saturated heterocycles. The van der Waals surface area contributed by atoms with Crippen molar-refractivity contribution in [3.05, 3.63) is 71.1 Å². The Labute approximate surface area is 161 Å².